The molecule has 3 aliphatic heterocycles. The van der Waals surface area contributed by atoms with Crippen LogP contribution in [0.1, 0.15) is 36.8 Å². The molecule has 1 unspecified atom stereocenters. The number of aryl methyl sites for hydroxylation is 1. The zero-order valence-electron chi connectivity index (χ0n) is 21.2. The van der Waals surface area contributed by atoms with Crippen molar-refractivity contribution in [2.75, 3.05) is 19.6 Å². The number of fused-ring (bicyclic) bond motifs is 1. The quantitative estimate of drug-likeness (QED) is 0.524. The van der Waals surface area contributed by atoms with Crippen molar-refractivity contribution >= 4 is 41.5 Å². The predicted octanol–water partition coefficient (Wildman–Crippen LogP) is 3.43. The Morgan fingerprint density at radius 2 is 1.68 bits per heavy atom. The SMILES string of the molecule is N[C@@H]1C[C@H]2C(=O)N([C@H]3CCN(Cc4ccc(Cl)c(Cl)c4)C3=O)CCC(CCc3ccccc3)N2C1.O=CO. The summed E-state index contributed by atoms with van der Waals surface area (Å²) in [5, 5.41) is 7.87. The van der Waals surface area contributed by atoms with E-state index in [2.05, 4.69) is 29.2 Å². The van der Waals surface area contributed by atoms with E-state index in [1.54, 1.807) is 12.1 Å². The Hall–Kier alpha value is -2.65. The Morgan fingerprint density at radius 1 is 0.947 bits per heavy atom. The zero-order valence-corrected chi connectivity index (χ0v) is 22.7. The van der Waals surface area contributed by atoms with Gasteiger partial charge in [-0.25, -0.2) is 0 Å². The highest BCUT2D eigenvalue weighted by molar-refractivity contribution is 6.42. The Balaban J connectivity index is 0.00000107. The van der Waals surface area contributed by atoms with E-state index in [4.69, 9.17) is 38.8 Å². The maximum atomic E-state index is 13.7. The van der Waals surface area contributed by atoms with Gasteiger partial charge in [0.25, 0.3) is 6.47 Å². The summed E-state index contributed by atoms with van der Waals surface area (Å²) in [6.07, 6.45) is 4.12. The number of rotatable bonds is 6. The number of carbonyl (C=O) groups excluding carboxylic acids is 2. The molecule has 2 aromatic carbocycles. The van der Waals surface area contributed by atoms with E-state index in [0.29, 0.717) is 42.5 Å². The summed E-state index contributed by atoms with van der Waals surface area (Å²) in [5.41, 5.74) is 8.57. The number of amides is 2. The molecule has 3 fully saturated rings. The van der Waals surface area contributed by atoms with E-state index >= 15 is 0 Å². The molecular formula is C28H34Cl2N4O4. The second kappa shape index (κ2) is 12.9. The molecule has 0 aromatic heterocycles. The number of hydrogen-bond donors (Lipinski definition) is 2. The largest absolute Gasteiger partial charge is 0.483 e. The van der Waals surface area contributed by atoms with Crippen molar-refractivity contribution in [3.63, 3.8) is 0 Å². The van der Waals surface area contributed by atoms with E-state index < -0.39 is 6.04 Å². The monoisotopic (exact) mass is 560 g/mol. The van der Waals surface area contributed by atoms with Crippen LogP contribution in [0.25, 0.3) is 0 Å². The molecule has 4 atom stereocenters. The van der Waals surface area contributed by atoms with Gasteiger partial charge in [0.05, 0.1) is 16.1 Å². The van der Waals surface area contributed by atoms with Crippen LogP contribution < -0.4 is 5.73 Å². The van der Waals surface area contributed by atoms with E-state index in [-0.39, 0.29) is 36.4 Å². The third-order valence-corrected chi connectivity index (χ3v) is 8.46. The number of nitrogens with two attached hydrogens (primary N) is 1. The lowest BCUT2D eigenvalue weighted by Crippen LogP contribution is -2.50. The standard InChI is InChI=1S/C27H32Cl2N4O2.CH2O2/c28-22-9-7-19(14-23(22)29)16-31-12-11-24(26(31)34)32-13-10-21(8-6-18-4-2-1-3-5-18)33-17-20(30)15-25(33)27(32)35;2-1-3/h1-5,7,9,14,20-21,24-25H,6,8,10-13,15-17,30H2;1H,(H,2,3)/t20-,21?,24+,25+;/m1./s1. The fourth-order valence-electron chi connectivity index (χ4n) is 5.92. The smallest absolute Gasteiger partial charge is 0.290 e. The maximum absolute atomic E-state index is 13.7. The lowest BCUT2D eigenvalue weighted by Gasteiger charge is -2.30. The first-order chi connectivity index (χ1) is 18.3. The van der Waals surface area contributed by atoms with Gasteiger partial charge in [0.1, 0.15) is 6.04 Å². The van der Waals surface area contributed by atoms with Crippen molar-refractivity contribution in [3.05, 3.63) is 69.7 Å². The summed E-state index contributed by atoms with van der Waals surface area (Å²) in [4.78, 5) is 41.5. The predicted molar refractivity (Wildman–Crippen MR) is 147 cm³/mol. The fraction of sp³-hybridized carbons (Fsp3) is 0.464. The molecule has 5 rings (SSSR count). The van der Waals surface area contributed by atoms with Crippen LogP contribution in [-0.4, -0.2) is 81.9 Å². The highest BCUT2D eigenvalue weighted by Crippen LogP contribution is 2.32. The van der Waals surface area contributed by atoms with Crippen molar-refractivity contribution in [2.45, 2.75) is 62.8 Å². The molecule has 3 N–H and O–H groups in total. The first-order valence-corrected chi connectivity index (χ1v) is 13.7. The topological polar surface area (TPSA) is 107 Å². The van der Waals surface area contributed by atoms with Crippen molar-refractivity contribution < 1.29 is 19.5 Å². The van der Waals surface area contributed by atoms with Gasteiger partial charge in [-0.3, -0.25) is 19.3 Å². The molecule has 0 saturated carbocycles. The molecule has 0 spiro atoms. The minimum absolute atomic E-state index is 0.00597. The van der Waals surface area contributed by atoms with Crippen molar-refractivity contribution in [2.24, 2.45) is 5.73 Å². The summed E-state index contributed by atoms with van der Waals surface area (Å²) >= 11 is 12.2. The van der Waals surface area contributed by atoms with E-state index in [9.17, 15) is 9.59 Å². The van der Waals surface area contributed by atoms with Gasteiger partial charge < -0.3 is 20.6 Å². The number of halogens is 2. The van der Waals surface area contributed by atoms with Crippen LogP contribution in [0.15, 0.2) is 48.5 Å². The molecule has 204 valence electrons. The first-order valence-electron chi connectivity index (χ1n) is 13.0. The minimum Gasteiger partial charge on any atom is -0.483 e. The summed E-state index contributed by atoms with van der Waals surface area (Å²) in [5.74, 6) is 0.0795. The minimum atomic E-state index is -0.406. The molecule has 8 nitrogen and oxygen atoms in total. The normalized spacial score (nSPS) is 25.6. The second-order valence-corrected chi connectivity index (χ2v) is 10.9. The Kier molecular flexibility index (Phi) is 9.65. The van der Waals surface area contributed by atoms with Crippen molar-refractivity contribution in [1.29, 1.82) is 0 Å². The molecule has 0 bridgehead atoms. The van der Waals surface area contributed by atoms with Gasteiger partial charge in [-0.2, -0.15) is 0 Å². The highest BCUT2D eigenvalue weighted by atomic mass is 35.5. The number of benzene rings is 2. The summed E-state index contributed by atoms with van der Waals surface area (Å²) in [7, 11) is 0. The number of hydrogen-bond acceptors (Lipinski definition) is 5. The van der Waals surface area contributed by atoms with Crippen LogP contribution in [0, 0.1) is 0 Å². The molecule has 3 heterocycles. The molecule has 3 saturated heterocycles. The van der Waals surface area contributed by atoms with Gasteiger partial charge in [-0.15, -0.1) is 0 Å². The molecule has 3 aliphatic rings. The number of carbonyl (C=O) groups is 3. The lowest BCUT2D eigenvalue weighted by molar-refractivity contribution is -0.144. The Labute approximate surface area is 233 Å². The molecular weight excluding hydrogens is 527 g/mol. The number of carboxylic acid groups (broad SMARTS) is 1. The molecule has 2 amide bonds. The third-order valence-electron chi connectivity index (χ3n) is 7.72. The fourth-order valence-corrected chi connectivity index (χ4v) is 6.24. The summed E-state index contributed by atoms with van der Waals surface area (Å²) in [6, 6.07) is 15.6. The molecule has 10 heteroatoms. The first kappa shape index (κ1) is 28.4. The van der Waals surface area contributed by atoms with Gasteiger partial charge in [-0.05, 0) is 55.4 Å². The highest BCUT2D eigenvalue weighted by Gasteiger charge is 2.47. The number of nitrogens with zero attached hydrogens (tertiary/aromatic N) is 3. The average Bonchev–Trinajstić information content (AvgIpc) is 3.43. The van der Waals surface area contributed by atoms with Gasteiger partial charge in [0.15, 0.2) is 0 Å². The van der Waals surface area contributed by atoms with Gasteiger partial charge >= 0.3 is 0 Å². The van der Waals surface area contributed by atoms with Crippen LogP contribution in [0.2, 0.25) is 10.0 Å². The maximum Gasteiger partial charge on any atom is 0.290 e. The van der Waals surface area contributed by atoms with Crippen molar-refractivity contribution in [3.8, 4) is 0 Å². The van der Waals surface area contributed by atoms with E-state index in [0.717, 1.165) is 31.4 Å². The second-order valence-electron chi connectivity index (χ2n) is 10.1. The molecule has 38 heavy (non-hydrogen) atoms. The number of likely N-dealkylation sites (tertiary alicyclic amines) is 1. The molecule has 0 radical (unpaired) electrons. The Bertz CT molecular complexity index is 1140. The van der Waals surface area contributed by atoms with Crippen LogP contribution in [-0.2, 0) is 27.3 Å². The van der Waals surface area contributed by atoms with Crippen LogP contribution in [0.3, 0.4) is 0 Å². The van der Waals surface area contributed by atoms with Crippen LogP contribution in [0.4, 0.5) is 0 Å². The Morgan fingerprint density at radius 3 is 2.39 bits per heavy atom. The van der Waals surface area contributed by atoms with Crippen LogP contribution >= 0.6 is 23.2 Å². The average molecular weight is 562 g/mol. The van der Waals surface area contributed by atoms with Crippen LogP contribution in [0.5, 0.6) is 0 Å². The third kappa shape index (κ3) is 6.49. The van der Waals surface area contributed by atoms with E-state index in [1.807, 2.05) is 21.9 Å². The summed E-state index contributed by atoms with van der Waals surface area (Å²) in [6.45, 7) is 2.19. The molecule has 0 aliphatic carbocycles. The van der Waals surface area contributed by atoms with Gasteiger partial charge in [0.2, 0.25) is 11.8 Å². The van der Waals surface area contributed by atoms with E-state index in [1.165, 1.54) is 5.56 Å². The van der Waals surface area contributed by atoms with Crippen molar-refractivity contribution in [1.82, 2.24) is 14.7 Å². The van der Waals surface area contributed by atoms with Gasteiger partial charge in [0, 0.05) is 38.3 Å². The van der Waals surface area contributed by atoms with Gasteiger partial charge in [-0.1, -0.05) is 59.6 Å². The lowest BCUT2D eigenvalue weighted by atomic mass is 10.0. The molecule has 2 aromatic rings. The zero-order chi connectivity index (χ0) is 27.2. The summed E-state index contributed by atoms with van der Waals surface area (Å²) < 4.78 is 0.